The molecule has 126 valence electrons. The van der Waals surface area contributed by atoms with Crippen LogP contribution in [0.25, 0.3) is 0 Å². The molecule has 0 bridgehead atoms. The summed E-state index contributed by atoms with van der Waals surface area (Å²) in [4.78, 5) is 30.9. The maximum absolute atomic E-state index is 13.0. The van der Waals surface area contributed by atoms with Crippen LogP contribution in [0.5, 0.6) is 0 Å². The summed E-state index contributed by atoms with van der Waals surface area (Å²) in [5, 5.41) is 11.8. The summed E-state index contributed by atoms with van der Waals surface area (Å²) >= 11 is 0. The highest BCUT2D eigenvalue weighted by molar-refractivity contribution is 6.07. The number of nitriles is 1. The number of imide groups is 1. The van der Waals surface area contributed by atoms with E-state index in [4.69, 9.17) is 5.26 Å². The van der Waals surface area contributed by atoms with E-state index in [2.05, 4.69) is 24.1 Å². The van der Waals surface area contributed by atoms with Crippen LogP contribution in [0.3, 0.4) is 0 Å². The minimum absolute atomic E-state index is 0.123. The Labute approximate surface area is 141 Å². The van der Waals surface area contributed by atoms with Crippen molar-refractivity contribution in [1.29, 1.82) is 5.26 Å². The van der Waals surface area contributed by atoms with Crippen molar-refractivity contribution >= 4 is 11.9 Å². The van der Waals surface area contributed by atoms with Gasteiger partial charge in [0, 0.05) is 6.20 Å². The predicted octanol–water partition coefficient (Wildman–Crippen LogP) is 2.59. The van der Waals surface area contributed by atoms with Gasteiger partial charge in [-0.2, -0.15) is 5.26 Å². The van der Waals surface area contributed by atoms with Gasteiger partial charge in [-0.05, 0) is 49.7 Å². The Morgan fingerprint density at radius 3 is 2.71 bits per heavy atom. The molecule has 24 heavy (non-hydrogen) atoms. The minimum atomic E-state index is -0.728. The highest BCUT2D eigenvalue weighted by atomic mass is 16.2. The summed E-state index contributed by atoms with van der Waals surface area (Å²) in [5.74, 6) is 0.619. The van der Waals surface area contributed by atoms with Gasteiger partial charge in [0.05, 0.1) is 17.8 Å². The van der Waals surface area contributed by atoms with Crippen molar-refractivity contribution in [2.24, 2.45) is 11.8 Å². The van der Waals surface area contributed by atoms with E-state index in [0.717, 1.165) is 19.3 Å². The van der Waals surface area contributed by atoms with Gasteiger partial charge in [-0.15, -0.1) is 0 Å². The Kier molecular flexibility index (Phi) is 4.27. The van der Waals surface area contributed by atoms with Crippen LogP contribution in [0, 0.1) is 23.2 Å². The summed E-state index contributed by atoms with van der Waals surface area (Å²) in [6, 6.07) is 5.01. The lowest BCUT2D eigenvalue weighted by molar-refractivity contribution is -0.132. The maximum Gasteiger partial charge on any atom is 0.325 e. The Bertz CT molecular complexity index is 688. The summed E-state index contributed by atoms with van der Waals surface area (Å²) in [6.07, 6.45) is 5.05. The third-order valence-electron chi connectivity index (χ3n) is 4.87. The van der Waals surface area contributed by atoms with Gasteiger partial charge in [0.2, 0.25) is 0 Å². The average molecular weight is 326 g/mol. The molecule has 2 heterocycles. The molecule has 2 aliphatic rings. The van der Waals surface area contributed by atoms with E-state index in [1.165, 1.54) is 11.1 Å². The van der Waals surface area contributed by atoms with Crippen LogP contribution in [0.15, 0.2) is 18.3 Å². The van der Waals surface area contributed by atoms with Crippen molar-refractivity contribution in [1.82, 2.24) is 15.2 Å². The summed E-state index contributed by atoms with van der Waals surface area (Å²) in [6.45, 7) is 4.40. The number of aromatic nitrogens is 1. The molecule has 6 nitrogen and oxygen atoms in total. The van der Waals surface area contributed by atoms with E-state index < -0.39 is 5.54 Å². The molecule has 1 aromatic rings. The second-order valence-electron chi connectivity index (χ2n) is 7.15. The zero-order valence-corrected chi connectivity index (χ0v) is 14.1. The molecule has 1 atom stereocenters. The molecule has 3 rings (SSSR count). The van der Waals surface area contributed by atoms with Gasteiger partial charge in [-0.1, -0.05) is 13.8 Å². The number of nitrogens with zero attached hydrogens (tertiary/aromatic N) is 3. The van der Waals surface area contributed by atoms with Crippen molar-refractivity contribution in [3.05, 3.63) is 29.6 Å². The maximum atomic E-state index is 13.0. The van der Waals surface area contributed by atoms with Crippen LogP contribution < -0.4 is 5.32 Å². The van der Waals surface area contributed by atoms with Gasteiger partial charge in [0.15, 0.2) is 0 Å². The fraction of sp³-hybridized carbons (Fsp3) is 0.556. The molecule has 1 saturated heterocycles. The molecule has 6 heteroatoms. The standard InChI is InChI=1S/C18H22N4O2/c1-12(2)7-8-18(14-4-5-14)16(23)22(17(24)21-18)11-15-6-3-13(9-19)10-20-15/h3,6,10,12,14H,4-5,7-8,11H2,1-2H3,(H,21,24)/t18-/m1/s1. The third-order valence-corrected chi connectivity index (χ3v) is 4.87. The monoisotopic (exact) mass is 326 g/mol. The lowest BCUT2D eigenvalue weighted by atomic mass is 9.85. The molecule has 0 spiro atoms. The summed E-state index contributed by atoms with van der Waals surface area (Å²) < 4.78 is 0. The zero-order valence-electron chi connectivity index (χ0n) is 14.1. The second kappa shape index (κ2) is 6.23. The van der Waals surface area contributed by atoms with Gasteiger partial charge >= 0.3 is 6.03 Å². The highest BCUT2D eigenvalue weighted by Gasteiger charge is 2.58. The van der Waals surface area contributed by atoms with Crippen LogP contribution >= 0.6 is 0 Å². The highest BCUT2D eigenvalue weighted by Crippen LogP contribution is 2.46. The van der Waals surface area contributed by atoms with E-state index >= 15 is 0 Å². The number of nitrogens with one attached hydrogen (secondary N) is 1. The van der Waals surface area contributed by atoms with Gasteiger partial charge in [0.25, 0.3) is 5.91 Å². The fourth-order valence-corrected chi connectivity index (χ4v) is 3.28. The normalized spacial score (nSPS) is 23.5. The molecule has 0 aromatic carbocycles. The molecule has 0 unspecified atom stereocenters. The summed E-state index contributed by atoms with van der Waals surface area (Å²) in [7, 11) is 0. The Morgan fingerprint density at radius 1 is 1.42 bits per heavy atom. The van der Waals surface area contributed by atoms with Crippen molar-refractivity contribution in [3.8, 4) is 6.07 Å². The first-order valence-electron chi connectivity index (χ1n) is 8.45. The number of pyridine rings is 1. The zero-order chi connectivity index (χ0) is 17.3. The minimum Gasteiger partial charge on any atom is -0.323 e. The number of amides is 3. The molecule has 1 N–H and O–H groups in total. The first kappa shape index (κ1) is 16.4. The number of carbonyl (C=O) groups excluding carboxylic acids is 2. The first-order valence-corrected chi connectivity index (χ1v) is 8.45. The van der Waals surface area contributed by atoms with Crippen LogP contribution in [0.2, 0.25) is 0 Å². The van der Waals surface area contributed by atoms with Crippen LogP contribution in [-0.4, -0.2) is 27.4 Å². The van der Waals surface area contributed by atoms with E-state index in [1.807, 2.05) is 6.07 Å². The molecule has 1 aliphatic carbocycles. The number of hydrogen-bond acceptors (Lipinski definition) is 4. The second-order valence-corrected chi connectivity index (χ2v) is 7.15. The molecular formula is C18H22N4O2. The van der Waals surface area contributed by atoms with E-state index in [0.29, 0.717) is 23.6 Å². The Morgan fingerprint density at radius 2 is 2.17 bits per heavy atom. The molecular weight excluding hydrogens is 304 g/mol. The molecule has 0 radical (unpaired) electrons. The van der Waals surface area contributed by atoms with Gasteiger partial charge in [-0.25, -0.2) is 4.79 Å². The third kappa shape index (κ3) is 2.99. The number of hydrogen-bond donors (Lipinski definition) is 1. The Balaban J connectivity index is 1.78. The number of rotatable bonds is 6. The fourth-order valence-electron chi connectivity index (χ4n) is 3.28. The first-order chi connectivity index (χ1) is 11.5. The quantitative estimate of drug-likeness (QED) is 0.814. The topological polar surface area (TPSA) is 86.1 Å². The SMILES string of the molecule is CC(C)CC[C@]1(C2CC2)NC(=O)N(Cc2ccc(C#N)cn2)C1=O. The number of urea groups is 1. The van der Waals surface area contributed by atoms with Crippen molar-refractivity contribution in [3.63, 3.8) is 0 Å². The summed E-state index contributed by atoms with van der Waals surface area (Å²) in [5.41, 5.74) is 0.335. The van der Waals surface area contributed by atoms with Crippen LogP contribution in [0.4, 0.5) is 4.79 Å². The predicted molar refractivity (Wildman–Crippen MR) is 87.6 cm³/mol. The molecule has 1 aliphatic heterocycles. The number of carbonyl (C=O) groups is 2. The van der Waals surface area contributed by atoms with E-state index in [1.54, 1.807) is 12.1 Å². The Hall–Kier alpha value is -2.42. The van der Waals surface area contributed by atoms with E-state index in [-0.39, 0.29) is 24.4 Å². The van der Waals surface area contributed by atoms with Crippen molar-refractivity contribution in [2.75, 3.05) is 0 Å². The van der Waals surface area contributed by atoms with Gasteiger partial charge in [-0.3, -0.25) is 14.7 Å². The van der Waals surface area contributed by atoms with Crippen LogP contribution in [-0.2, 0) is 11.3 Å². The average Bonchev–Trinajstić information content (AvgIpc) is 3.38. The smallest absolute Gasteiger partial charge is 0.323 e. The molecule has 1 saturated carbocycles. The van der Waals surface area contributed by atoms with Crippen molar-refractivity contribution < 1.29 is 9.59 Å². The van der Waals surface area contributed by atoms with E-state index in [9.17, 15) is 9.59 Å². The van der Waals surface area contributed by atoms with Gasteiger partial charge < -0.3 is 5.32 Å². The van der Waals surface area contributed by atoms with Crippen molar-refractivity contribution in [2.45, 2.75) is 51.6 Å². The van der Waals surface area contributed by atoms with Gasteiger partial charge in [0.1, 0.15) is 11.6 Å². The molecule has 1 aromatic heterocycles. The molecule has 2 fully saturated rings. The van der Waals surface area contributed by atoms with Crippen LogP contribution in [0.1, 0.15) is 50.8 Å². The lowest BCUT2D eigenvalue weighted by Gasteiger charge is -2.27. The molecule has 3 amide bonds. The largest absolute Gasteiger partial charge is 0.325 e. The lowest BCUT2D eigenvalue weighted by Crippen LogP contribution is -2.49.